The third kappa shape index (κ3) is 6.19. The first-order valence-electron chi connectivity index (χ1n) is 10.8. The van der Waals surface area contributed by atoms with Gasteiger partial charge >= 0.3 is 0 Å². The van der Waals surface area contributed by atoms with E-state index < -0.39 is 11.7 Å². The van der Waals surface area contributed by atoms with Crippen molar-refractivity contribution >= 4 is 63.0 Å². The number of carbonyl (C=O) groups excluding carboxylic acids is 1. The van der Waals surface area contributed by atoms with Crippen LogP contribution in [0.4, 0.5) is 10.1 Å². The summed E-state index contributed by atoms with van der Waals surface area (Å²) >= 11 is 17.4. The topological polar surface area (TPSA) is 81.7 Å². The number of nitrogens with zero attached hydrogens (tertiary/aromatic N) is 1. The average molecular weight is 560 g/mol. The highest BCUT2D eigenvalue weighted by molar-refractivity contribution is 7.80. The zero-order chi connectivity index (χ0) is 26.5. The van der Waals surface area contributed by atoms with Crippen LogP contribution in [0.1, 0.15) is 5.56 Å². The summed E-state index contributed by atoms with van der Waals surface area (Å²) in [5.41, 5.74) is 1.14. The number of nitrogens with one attached hydrogen (secondary N) is 2. The van der Waals surface area contributed by atoms with Gasteiger partial charge in [0.15, 0.2) is 16.6 Å². The fourth-order valence-electron chi connectivity index (χ4n) is 3.51. The maximum absolute atomic E-state index is 14.8. The van der Waals surface area contributed by atoms with Gasteiger partial charge in [-0.1, -0.05) is 29.3 Å². The molecule has 4 rings (SSSR count). The third-order valence-corrected chi connectivity index (χ3v) is 6.19. The van der Waals surface area contributed by atoms with Crippen molar-refractivity contribution in [3.8, 4) is 23.0 Å². The molecule has 1 aromatic heterocycles. The Bertz CT molecular complexity index is 1480. The fourth-order valence-corrected chi connectivity index (χ4v) is 4.27. The smallest absolute Gasteiger partial charge is 0.230 e. The zero-order valence-corrected chi connectivity index (χ0v) is 21.9. The van der Waals surface area contributed by atoms with Crippen LogP contribution in [-0.2, 0) is 11.2 Å². The Hall–Kier alpha value is -3.66. The van der Waals surface area contributed by atoms with Gasteiger partial charge in [-0.05, 0) is 54.2 Å². The molecule has 1 heterocycles. The molecule has 0 radical (unpaired) electrons. The lowest BCUT2D eigenvalue weighted by molar-refractivity contribution is -0.119. The van der Waals surface area contributed by atoms with Crippen molar-refractivity contribution in [1.29, 1.82) is 0 Å². The predicted octanol–water partition coefficient (Wildman–Crippen LogP) is 6.55. The molecule has 7 nitrogen and oxygen atoms in total. The number of thiocarbonyl (C=S) groups is 1. The Morgan fingerprint density at radius 3 is 2.38 bits per heavy atom. The standard InChI is InChI=1S/C26H20Cl2FN3O4S/c1-34-23-11-16-21(13-24(23)35-2)30-9-8-22(16)36-14-6-7-20(19(29)10-14)31-26(37)32-25(33)12-15-17(27)4-3-5-18(15)28/h3-11,13H,12H2,1-2H3,(H2,31,32,33,37). The highest BCUT2D eigenvalue weighted by atomic mass is 35.5. The second kappa shape index (κ2) is 11.6. The van der Waals surface area contributed by atoms with Crippen LogP contribution >= 0.6 is 35.4 Å². The number of anilines is 1. The molecule has 0 saturated carbocycles. The lowest BCUT2D eigenvalue weighted by Crippen LogP contribution is -2.35. The minimum absolute atomic E-state index is 0.0550. The number of pyridine rings is 1. The molecule has 0 saturated heterocycles. The van der Waals surface area contributed by atoms with Crippen LogP contribution in [0.5, 0.6) is 23.0 Å². The quantitative estimate of drug-likeness (QED) is 0.248. The number of fused-ring (bicyclic) bond motifs is 1. The molecule has 0 spiro atoms. The van der Waals surface area contributed by atoms with Crippen LogP contribution in [0.25, 0.3) is 10.9 Å². The largest absolute Gasteiger partial charge is 0.493 e. The van der Waals surface area contributed by atoms with Gasteiger partial charge < -0.3 is 24.8 Å². The van der Waals surface area contributed by atoms with Crippen LogP contribution in [0.2, 0.25) is 10.0 Å². The van der Waals surface area contributed by atoms with Gasteiger partial charge in [-0.3, -0.25) is 9.78 Å². The Morgan fingerprint density at radius 2 is 1.70 bits per heavy atom. The molecule has 0 atom stereocenters. The molecular weight excluding hydrogens is 540 g/mol. The second-order valence-corrected chi connectivity index (χ2v) is 8.88. The van der Waals surface area contributed by atoms with E-state index >= 15 is 0 Å². The number of halogens is 3. The van der Waals surface area contributed by atoms with E-state index in [4.69, 9.17) is 49.6 Å². The van der Waals surface area contributed by atoms with Gasteiger partial charge in [0.05, 0.1) is 31.8 Å². The van der Waals surface area contributed by atoms with Gasteiger partial charge in [-0.25, -0.2) is 4.39 Å². The van der Waals surface area contributed by atoms with Crippen LogP contribution < -0.4 is 24.8 Å². The molecule has 190 valence electrons. The normalized spacial score (nSPS) is 10.6. The number of methoxy groups -OCH3 is 2. The zero-order valence-electron chi connectivity index (χ0n) is 19.6. The Morgan fingerprint density at radius 1 is 1.00 bits per heavy atom. The fraction of sp³-hybridized carbons (Fsp3) is 0.115. The number of hydrogen-bond donors (Lipinski definition) is 2. The summed E-state index contributed by atoms with van der Waals surface area (Å²) in [5.74, 6) is 0.635. The van der Waals surface area contributed by atoms with Gasteiger partial charge in [0, 0.05) is 33.8 Å². The number of ether oxygens (including phenoxy) is 3. The van der Waals surface area contributed by atoms with Crippen molar-refractivity contribution in [2.45, 2.75) is 6.42 Å². The first kappa shape index (κ1) is 26.4. The Labute approximate surface area is 227 Å². The van der Waals surface area contributed by atoms with Crippen molar-refractivity contribution in [2.75, 3.05) is 19.5 Å². The lowest BCUT2D eigenvalue weighted by atomic mass is 10.1. The summed E-state index contributed by atoms with van der Waals surface area (Å²) in [7, 11) is 3.06. The number of carbonyl (C=O) groups is 1. The Balaban J connectivity index is 1.45. The number of hydrogen-bond acceptors (Lipinski definition) is 6. The number of aromatic nitrogens is 1. The van der Waals surface area contributed by atoms with Crippen molar-refractivity contribution in [1.82, 2.24) is 10.3 Å². The summed E-state index contributed by atoms with van der Waals surface area (Å²) in [5, 5.41) is 6.46. The third-order valence-electron chi connectivity index (χ3n) is 5.28. The molecule has 11 heteroatoms. The van der Waals surface area contributed by atoms with Crippen LogP contribution in [-0.4, -0.2) is 30.2 Å². The molecule has 0 aliphatic rings. The monoisotopic (exact) mass is 559 g/mol. The van der Waals surface area contributed by atoms with Gasteiger partial charge in [-0.15, -0.1) is 0 Å². The van der Waals surface area contributed by atoms with Crippen LogP contribution in [0.3, 0.4) is 0 Å². The summed E-state index contributed by atoms with van der Waals surface area (Å²) in [6.45, 7) is 0. The highest BCUT2D eigenvalue weighted by Gasteiger charge is 2.15. The number of benzene rings is 3. The summed E-state index contributed by atoms with van der Waals surface area (Å²) in [4.78, 5) is 16.7. The number of amides is 1. The van der Waals surface area contributed by atoms with Crippen LogP contribution in [0, 0.1) is 5.82 Å². The molecule has 0 bridgehead atoms. The van der Waals surface area contributed by atoms with Gasteiger partial charge in [0.25, 0.3) is 0 Å². The van der Waals surface area contributed by atoms with Crippen LogP contribution in [0.15, 0.2) is 60.8 Å². The van der Waals surface area contributed by atoms with E-state index in [9.17, 15) is 9.18 Å². The van der Waals surface area contributed by atoms with Gasteiger partial charge in [0.2, 0.25) is 5.91 Å². The predicted molar refractivity (Wildman–Crippen MR) is 146 cm³/mol. The van der Waals surface area contributed by atoms with Crippen molar-refractivity contribution < 1.29 is 23.4 Å². The van der Waals surface area contributed by atoms with E-state index in [-0.39, 0.29) is 23.0 Å². The van der Waals surface area contributed by atoms with Gasteiger partial charge in [0.1, 0.15) is 17.3 Å². The first-order chi connectivity index (χ1) is 17.8. The molecule has 0 unspecified atom stereocenters. The Kier molecular flexibility index (Phi) is 8.27. The van der Waals surface area contributed by atoms with E-state index in [1.54, 1.807) is 48.7 Å². The highest BCUT2D eigenvalue weighted by Crippen LogP contribution is 2.37. The molecule has 37 heavy (non-hydrogen) atoms. The maximum Gasteiger partial charge on any atom is 0.230 e. The first-order valence-corrected chi connectivity index (χ1v) is 12.0. The van der Waals surface area contributed by atoms with Crippen molar-refractivity contribution in [3.05, 3.63) is 82.2 Å². The summed E-state index contributed by atoms with van der Waals surface area (Å²) < 4.78 is 31.4. The maximum atomic E-state index is 14.8. The van der Waals surface area contributed by atoms with Crippen molar-refractivity contribution in [3.63, 3.8) is 0 Å². The molecule has 0 aliphatic carbocycles. The molecular formula is C26H20Cl2FN3O4S. The lowest BCUT2D eigenvalue weighted by Gasteiger charge is -2.14. The van der Waals surface area contributed by atoms with E-state index in [1.165, 1.54) is 26.4 Å². The summed E-state index contributed by atoms with van der Waals surface area (Å²) in [6.07, 6.45) is 1.49. The molecule has 0 fully saturated rings. The summed E-state index contributed by atoms with van der Waals surface area (Å²) in [6, 6.07) is 14.3. The molecule has 1 amide bonds. The molecule has 0 aliphatic heterocycles. The molecule has 2 N–H and O–H groups in total. The minimum Gasteiger partial charge on any atom is -0.493 e. The van der Waals surface area contributed by atoms with E-state index in [1.807, 2.05) is 0 Å². The van der Waals surface area contributed by atoms with Gasteiger partial charge in [-0.2, -0.15) is 0 Å². The van der Waals surface area contributed by atoms with E-state index in [2.05, 4.69) is 15.6 Å². The number of rotatable bonds is 7. The minimum atomic E-state index is -0.638. The van der Waals surface area contributed by atoms with E-state index in [0.717, 1.165) is 0 Å². The molecule has 4 aromatic rings. The average Bonchev–Trinajstić information content (AvgIpc) is 2.87. The van der Waals surface area contributed by atoms with Crippen molar-refractivity contribution in [2.24, 2.45) is 0 Å². The van der Waals surface area contributed by atoms with E-state index in [0.29, 0.717) is 43.8 Å². The molecule has 3 aromatic carbocycles. The second-order valence-electron chi connectivity index (χ2n) is 7.66. The SMILES string of the molecule is COc1cc2nccc(Oc3ccc(NC(=S)NC(=O)Cc4c(Cl)cccc4Cl)c(F)c3)c2cc1OC.